The quantitative estimate of drug-likeness (QED) is 0.816. The maximum absolute atomic E-state index is 12.6. The summed E-state index contributed by atoms with van der Waals surface area (Å²) in [5.74, 6) is -2.49. The van der Waals surface area contributed by atoms with Crippen molar-refractivity contribution in [1.82, 2.24) is 9.88 Å². The number of carboxylic acids is 1. The standard InChI is InChI=1S/C15H14N2O4/c18-13-12-11(14(19)20)10-3-4-15(12,21-10)8-17(13)7-9-2-1-5-16-6-9/h1-6,10-12H,7-8H2,(H,19,20)/t10-,11+,12+,15-/m1/s1. The summed E-state index contributed by atoms with van der Waals surface area (Å²) in [7, 11) is 0. The average Bonchev–Trinajstić information content (AvgIpc) is 3.09. The molecule has 6 heteroatoms. The second-order valence-corrected chi connectivity index (χ2v) is 5.79. The average molecular weight is 286 g/mol. The van der Waals surface area contributed by atoms with Gasteiger partial charge in [0.25, 0.3) is 0 Å². The van der Waals surface area contributed by atoms with Gasteiger partial charge in [-0.2, -0.15) is 0 Å². The lowest BCUT2D eigenvalue weighted by atomic mass is 9.77. The molecule has 1 N–H and O–H groups in total. The van der Waals surface area contributed by atoms with Gasteiger partial charge >= 0.3 is 5.97 Å². The lowest BCUT2D eigenvalue weighted by Gasteiger charge is -2.21. The summed E-state index contributed by atoms with van der Waals surface area (Å²) < 4.78 is 5.83. The van der Waals surface area contributed by atoms with Gasteiger partial charge in [0.2, 0.25) is 5.91 Å². The molecule has 108 valence electrons. The van der Waals surface area contributed by atoms with Crippen molar-refractivity contribution in [2.45, 2.75) is 18.2 Å². The van der Waals surface area contributed by atoms with Gasteiger partial charge in [0.1, 0.15) is 11.5 Å². The number of hydrogen-bond donors (Lipinski definition) is 1. The number of aliphatic carboxylic acids is 1. The molecule has 4 rings (SSSR count). The van der Waals surface area contributed by atoms with Gasteiger partial charge < -0.3 is 14.7 Å². The molecule has 0 saturated carbocycles. The third kappa shape index (κ3) is 1.65. The number of hydrogen-bond acceptors (Lipinski definition) is 4. The summed E-state index contributed by atoms with van der Waals surface area (Å²) in [6.45, 7) is 0.835. The molecular weight excluding hydrogens is 272 g/mol. The van der Waals surface area contributed by atoms with Crippen LogP contribution >= 0.6 is 0 Å². The number of ether oxygens (including phenoxy) is 1. The fourth-order valence-electron chi connectivity index (χ4n) is 3.71. The van der Waals surface area contributed by atoms with E-state index in [-0.39, 0.29) is 5.91 Å². The van der Waals surface area contributed by atoms with Crippen LogP contribution in [0.2, 0.25) is 0 Å². The van der Waals surface area contributed by atoms with Crippen LogP contribution in [0.25, 0.3) is 0 Å². The molecule has 1 amide bonds. The highest BCUT2D eigenvalue weighted by Crippen LogP contribution is 2.52. The molecule has 0 aromatic carbocycles. The number of likely N-dealkylation sites (tertiary alicyclic amines) is 1. The van der Waals surface area contributed by atoms with E-state index in [0.717, 1.165) is 5.56 Å². The van der Waals surface area contributed by atoms with E-state index in [1.165, 1.54) is 0 Å². The van der Waals surface area contributed by atoms with Crippen LogP contribution in [-0.4, -0.2) is 45.1 Å². The first-order valence-corrected chi connectivity index (χ1v) is 6.88. The Kier molecular flexibility index (Phi) is 2.47. The Balaban J connectivity index is 1.63. The number of amides is 1. The number of carbonyl (C=O) groups is 2. The van der Waals surface area contributed by atoms with Crippen LogP contribution in [-0.2, 0) is 20.9 Å². The molecule has 2 fully saturated rings. The highest BCUT2D eigenvalue weighted by atomic mass is 16.5. The van der Waals surface area contributed by atoms with Crippen molar-refractivity contribution in [3.05, 3.63) is 42.2 Å². The molecular formula is C15H14N2O4. The second-order valence-electron chi connectivity index (χ2n) is 5.79. The van der Waals surface area contributed by atoms with E-state index in [9.17, 15) is 14.7 Å². The van der Waals surface area contributed by atoms with E-state index >= 15 is 0 Å². The summed E-state index contributed by atoms with van der Waals surface area (Å²) in [5.41, 5.74) is 0.167. The predicted molar refractivity (Wildman–Crippen MR) is 71.0 cm³/mol. The molecule has 4 heterocycles. The van der Waals surface area contributed by atoms with Crippen molar-refractivity contribution >= 4 is 11.9 Å². The minimum absolute atomic E-state index is 0.141. The number of aromatic nitrogens is 1. The fourth-order valence-corrected chi connectivity index (χ4v) is 3.71. The minimum Gasteiger partial charge on any atom is -0.481 e. The molecule has 6 nitrogen and oxygen atoms in total. The van der Waals surface area contributed by atoms with Crippen molar-refractivity contribution in [1.29, 1.82) is 0 Å². The zero-order chi connectivity index (χ0) is 14.6. The smallest absolute Gasteiger partial charge is 0.310 e. The van der Waals surface area contributed by atoms with Gasteiger partial charge in [-0.25, -0.2) is 0 Å². The first kappa shape index (κ1) is 12.5. The van der Waals surface area contributed by atoms with Gasteiger partial charge in [-0.1, -0.05) is 18.2 Å². The monoisotopic (exact) mass is 286 g/mol. The van der Waals surface area contributed by atoms with E-state index in [4.69, 9.17) is 4.74 Å². The molecule has 1 aromatic heterocycles. The van der Waals surface area contributed by atoms with Gasteiger partial charge in [0.05, 0.1) is 18.6 Å². The Morgan fingerprint density at radius 2 is 2.43 bits per heavy atom. The molecule has 3 aliphatic heterocycles. The van der Waals surface area contributed by atoms with E-state index in [1.807, 2.05) is 18.2 Å². The normalized spacial score (nSPS) is 36.3. The summed E-state index contributed by atoms with van der Waals surface area (Å²) in [5, 5.41) is 9.38. The van der Waals surface area contributed by atoms with E-state index in [0.29, 0.717) is 13.1 Å². The summed E-state index contributed by atoms with van der Waals surface area (Å²) in [4.78, 5) is 29.8. The van der Waals surface area contributed by atoms with Gasteiger partial charge in [-0.3, -0.25) is 14.6 Å². The summed E-state index contributed by atoms with van der Waals surface area (Å²) in [6, 6.07) is 3.71. The number of rotatable bonds is 3. The highest BCUT2D eigenvalue weighted by molar-refractivity contribution is 5.90. The van der Waals surface area contributed by atoms with E-state index in [2.05, 4.69) is 4.98 Å². The Hall–Kier alpha value is -2.21. The van der Waals surface area contributed by atoms with Crippen molar-refractivity contribution in [3.63, 3.8) is 0 Å². The number of pyridine rings is 1. The fraction of sp³-hybridized carbons (Fsp3) is 0.400. The minimum atomic E-state index is -0.965. The second kappa shape index (κ2) is 4.14. The molecule has 2 bridgehead atoms. The molecule has 0 unspecified atom stereocenters. The predicted octanol–water partition coefficient (Wildman–Crippen LogP) is 0.448. The zero-order valence-corrected chi connectivity index (χ0v) is 11.2. The third-order valence-electron chi connectivity index (χ3n) is 4.56. The lowest BCUT2D eigenvalue weighted by molar-refractivity contribution is -0.148. The Labute approximate surface area is 121 Å². The first-order valence-electron chi connectivity index (χ1n) is 6.88. The van der Waals surface area contributed by atoms with Crippen LogP contribution in [0.4, 0.5) is 0 Å². The third-order valence-corrected chi connectivity index (χ3v) is 4.56. The first-order chi connectivity index (χ1) is 10.1. The SMILES string of the molecule is O=C(O)[C@@H]1[C@H]2C(=O)N(Cc3cccnc3)C[C@]23C=C[C@H]1O3. The van der Waals surface area contributed by atoms with Crippen molar-refractivity contribution in [2.24, 2.45) is 11.8 Å². The summed E-state index contributed by atoms with van der Waals surface area (Å²) >= 11 is 0. The number of carboxylic acid groups (broad SMARTS) is 1. The maximum atomic E-state index is 12.6. The van der Waals surface area contributed by atoms with Crippen LogP contribution in [0.3, 0.4) is 0 Å². The topological polar surface area (TPSA) is 79.7 Å². The largest absolute Gasteiger partial charge is 0.481 e. The molecule has 2 saturated heterocycles. The molecule has 21 heavy (non-hydrogen) atoms. The van der Waals surface area contributed by atoms with Crippen molar-refractivity contribution < 1.29 is 19.4 Å². The van der Waals surface area contributed by atoms with Crippen LogP contribution < -0.4 is 0 Å². The number of nitrogens with zero attached hydrogens (tertiary/aromatic N) is 2. The Morgan fingerprint density at radius 1 is 1.57 bits per heavy atom. The van der Waals surface area contributed by atoms with Crippen LogP contribution in [0.1, 0.15) is 5.56 Å². The van der Waals surface area contributed by atoms with Gasteiger partial charge in [0, 0.05) is 18.9 Å². The van der Waals surface area contributed by atoms with Gasteiger partial charge in [-0.05, 0) is 11.6 Å². The van der Waals surface area contributed by atoms with Gasteiger partial charge in [0.15, 0.2) is 0 Å². The lowest BCUT2D eigenvalue weighted by Crippen LogP contribution is -2.39. The number of fused-ring (bicyclic) bond motifs is 1. The van der Waals surface area contributed by atoms with Crippen LogP contribution in [0, 0.1) is 11.8 Å². The van der Waals surface area contributed by atoms with Crippen molar-refractivity contribution in [3.8, 4) is 0 Å². The summed E-state index contributed by atoms with van der Waals surface area (Å²) in [6.07, 6.45) is 6.55. The van der Waals surface area contributed by atoms with E-state index < -0.39 is 29.5 Å². The molecule has 1 aromatic rings. The van der Waals surface area contributed by atoms with Crippen LogP contribution in [0.5, 0.6) is 0 Å². The number of carbonyl (C=O) groups excluding carboxylic acids is 1. The van der Waals surface area contributed by atoms with Gasteiger partial charge in [-0.15, -0.1) is 0 Å². The molecule has 4 atom stereocenters. The Bertz CT molecular complexity index is 644. The Morgan fingerprint density at radius 3 is 3.14 bits per heavy atom. The molecule has 0 radical (unpaired) electrons. The molecule has 0 aliphatic carbocycles. The zero-order valence-electron chi connectivity index (χ0n) is 11.2. The highest BCUT2D eigenvalue weighted by Gasteiger charge is 2.66. The van der Waals surface area contributed by atoms with Crippen molar-refractivity contribution in [2.75, 3.05) is 6.54 Å². The molecule has 3 aliphatic rings. The maximum Gasteiger partial charge on any atom is 0.310 e. The van der Waals surface area contributed by atoms with Crippen LogP contribution in [0.15, 0.2) is 36.7 Å². The van der Waals surface area contributed by atoms with E-state index in [1.54, 1.807) is 23.4 Å². The molecule has 1 spiro atoms.